The van der Waals surface area contributed by atoms with Crippen LogP contribution in [0.5, 0.6) is 0 Å². The van der Waals surface area contributed by atoms with Crippen molar-refractivity contribution in [3.8, 4) is 0 Å². The molecule has 0 saturated carbocycles. The Morgan fingerprint density at radius 1 is 0.786 bits per heavy atom. The molecule has 0 heterocycles. The summed E-state index contributed by atoms with van der Waals surface area (Å²) in [6, 6.07) is 30.6. The van der Waals surface area contributed by atoms with Gasteiger partial charge in [0.2, 0.25) is 5.91 Å². The first-order valence-electron chi connectivity index (χ1n) is 9.73. The van der Waals surface area contributed by atoms with Crippen molar-refractivity contribution in [1.29, 1.82) is 0 Å². The van der Waals surface area contributed by atoms with Gasteiger partial charge < -0.3 is 10.2 Å². The Balaban J connectivity index is 1.74. The summed E-state index contributed by atoms with van der Waals surface area (Å²) in [5, 5.41) is 3.20. The molecule has 3 heteroatoms. The highest BCUT2D eigenvalue weighted by atomic mass is 16.1. The number of hydrogen-bond acceptors (Lipinski definition) is 2. The molecule has 28 heavy (non-hydrogen) atoms. The summed E-state index contributed by atoms with van der Waals surface area (Å²) in [7, 11) is 4.12. The Labute approximate surface area is 168 Å². The zero-order chi connectivity index (χ0) is 19.8. The quantitative estimate of drug-likeness (QED) is 0.645. The monoisotopic (exact) mass is 372 g/mol. The summed E-state index contributed by atoms with van der Waals surface area (Å²) in [5.41, 5.74) is 3.30. The van der Waals surface area contributed by atoms with Gasteiger partial charge in [-0.05, 0) is 37.2 Å². The SMILES string of the molecule is CN(C)C(CNC(=O)C(c1ccccc1)c1ccccc1)Cc1ccccc1. The number of carbonyl (C=O) groups is 1. The zero-order valence-corrected chi connectivity index (χ0v) is 16.6. The van der Waals surface area contributed by atoms with Crippen LogP contribution in [0.25, 0.3) is 0 Å². The fraction of sp³-hybridized carbons (Fsp3) is 0.240. The molecular weight excluding hydrogens is 344 g/mol. The lowest BCUT2D eigenvalue weighted by atomic mass is 9.90. The van der Waals surface area contributed by atoms with Crippen LogP contribution >= 0.6 is 0 Å². The van der Waals surface area contributed by atoms with Crippen LogP contribution in [0.2, 0.25) is 0 Å². The first-order valence-corrected chi connectivity index (χ1v) is 9.73. The van der Waals surface area contributed by atoms with E-state index < -0.39 is 0 Å². The van der Waals surface area contributed by atoms with Crippen LogP contribution in [-0.4, -0.2) is 37.5 Å². The molecule has 3 aromatic carbocycles. The number of nitrogens with one attached hydrogen (secondary N) is 1. The molecule has 0 radical (unpaired) electrons. The predicted octanol–water partition coefficient (Wildman–Crippen LogP) is 4.11. The summed E-state index contributed by atoms with van der Waals surface area (Å²) < 4.78 is 0. The average molecular weight is 373 g/mol. The molecule has 0 aliphatic carbocycles. The number of benzene rings is 3. The first kappa shape index (κ1) is 19.8. The summed E-state index contributed by atoms with van der Waals surface area (Å²) in [4.78, 5) is 15.4. The second-order valence-electron chi connectivity index (χ2n) is 7.31. The summed E-state index contributed by atoms with van der Waals surface area (Å²) in [6.45, 7) is 0.608. The molecule has 0 fully saturated rings. The minimum absolute atomic E-state index is 0.0392. The highest BCUT2D eigenvalue weighted by Gasteiger charge is 2.23. The zero-order valence-electron chi connectivity index (χ0n) is 16.6. The van der Waals surface area contributed by atoms with Crippen molar-refractivity contribution < 1.29 is 4.79 Å². The average Bonchev–Trinajstić information content (AvgIpc) is 2.73. The molecule has 3 nitrogen and oxygen atoms in total. The maximum atomic E-state index is 13.2. The van der Waals surface area contributed by atoms with E-state index in [1.165, 1.54) is 5.56 Å². The largest absolute Gasteiger partial charge is 0.354 e. The highest BCUT2D eigenvalue weighted by molar-refractivity contribution is 5.87. The lowest BCUT2D eigenvalue weighted by Gasteiger charge is -2.26. The van der Waals surface area contributed by atoms with Crippen LogP contribution in [0.4, 0.5) is 0 Å². The van der Waals surface area contributed by atoms with Crippen LogP contribution in [0.1, 0.15) is 22.6 Å². The third-order valence-corrected chi connectivity index (χ3v) is 5.08. The summed E-state index contributed by atoms with van der Waals surface area (Å²) in [6.07, 6.45) is 0.898. The minimum Gasteiger partial charge on any atom is -0.354 e. The van der Waals surface area contributed by atoms with Gasteiger partial charge in [-0.3, -0.25) is 4.79 Å². The van der Waals surface area contributed by atoms with E-state index in [4.69, 9.17) is 0 Å². The number of nitrogens with zero attached hydrogens (tertiary/aromatic N) is 1. The van der Waals surface area contributed by atoms with Crippen molar-refractivity contribution in [2.75, 3.05) is 20.6 Å². The van der Waals surface area contributed by atoms with E-state index in [1.54, 1.807) is 0 Å². The molecular formula is C25H28N2O. The number of rotatable bonds is 8. The summed E-state index contributed by atoms with van der Waals surface area (Å²) in [5.74, 6) is -0.265. The second kappa shape index (κ2) is 9.86. The summed E-state index contributed by atoms with van der Waals surface area (Å²) >= 11 is 0. The van der Waals surface area contributed by atoms with Crippen LogP contribution in [0, 0.1) is 0 Å². The van der Waals surface area contributed by atoms with Crippen molar-refractivity contribution in [1.82, 2.24) is 10.2 Å². The van der Waals surface area contributed by atoms with Gasteiger partial charge in [0.05, 0.1) is 5.92 Å². The Bertz CT molecular complexity index is 808. The maximum Gasteiger partial charge on any atom is 0.232 e. The van der Waals surface area contributed by atoms with Crippen molar-refractivity contribution in [3.63, 3.8) is 0 Å². The molecule has 3 rings (SSSR count). The van der Waals surface area contributed by atoms with E-state index >= 15 is 0 Å². The second-order valence-corrected chi connectivity index (χ2v) is 7.31. The van der Waals surface area contributed by atoms with Gasteiger partial charge in [-0.15, -0.1) is 0 Å². The van der Waals surface area contributed by atoms with Gasteiger partial charge in [-0.25, -0.2) is 0 Å². The molecule has 0 spiro atoms. The molecule has 0 aliphatic rings. The fourth-order valence-corrected chi connectivity index (χ4v) is 3.43. The number of hydrogen-bond donors (Lipinski definition) is 1. The number of carbonyl (C=O) groups excluding carboxylic acids is 1. The molecule has 0 saturated heterocycles. The maximum absolute atomic E-state index is 13.2. The molecule has 0 aliphatic heterocycles. The molecule has 1 atom stereocenters. The van der Waals surface area contributed by atoms with Gasteiger partial charge in [0.25, 0.3) is 0 Å². The van der Waals surface area contributed by atoms with Crippen molar-refractivity contribution in [2.24, 2.45) is 0 Å². The van der Waals surface area contributed by atoms with Crippen LogP contribution in [0.3, 0.4) is 0 Å². The highest BCUT2D eigenvalue weighted by Crippen LogP contribution is 2.24. The molecule has 1 unspecified atom stereocenters. The van der Waals surface area contributed by atoms with E-state index in [9.17, 15) is 4.79 Å². The number of amides is 1. The molecule has 1 amide bonds. The van der Waals surface area contributed by atoms with Crippen LogP contribution in [-0.2, 0) is 11.2 Å². The Morgan fingerprint density at radius 3 is 1.71 bits per heavy atom. The van der Waals surface area contributed by atoms with Gasteiger partial charge in [-0.2, -0.15) is 0 Å². The van der Waals surface area contributed by atoms with Gasteiger partial charge >= 0.3 is 0 Å². The standard InChI is InChI=1S/C25H28N2O/c1-27(2)23(18-20-12-6-3-7-13-20)19-26-25(28)24(21-14-8-4-9-15-21)22-16-10-5-11-17-22/h3-17,23-24H,18-19H2,1-2H3,(H,26,28). The Kier molecular flexibility index (Phi) is 6.99. The third-order valence-electron chi connectivity index (χ3n) is 5.08. The minimum atomic E-state index is -0.304. The van der Waals surface area contributed by atoms with Crippen molar-refractivity contribution >= 4 is 5.91 Å². The lowest BCUT2D eigenvalue weighted by Crippen LogP contribution is -2.43. The van der Waals surface area contributed by atoms with E-state index in [-0.39, 0.29) is 17.9 Å². The normalized spacial score (nSPS) is 12.1. The molecule has 1 N–H and O–H groups in total. The molecule has 3 aromatic rings. The topological polar surface area (TPSA) is 32.3 Å². The molecule has 144 valence electrons. The predicted molar refractivity (Wildman–Crippen MR) is 115 cm³/mol. The number of likely N-dealkylation sites (N-methyl/N-ethyl adjacent to an activating group) is 1. The molecule has 0 aromatic heterocycles. The van der Waals surface area contributed by atoms with Crippen molar-refractivity contribution in [2.45, 2.75) is 18.4 Å². The van der Waals surface area contributed by atoms with Gasteiger partial charge in [0, 0.05) is 12.6 Å². The fourth-order valence-electron chi connectivity index (χ4n) is 3.43. The third kappa shape index (κ3) is 5.30. The smallest absolute Gasteiger partial charge is 0.232 e. The van der Waals surface area contributed by atoms with Crippen LogP contribution < -0.4 is 5.32 Å². The molecule has 0 bridgehead atoms. The Hall–Kier alpha value is -2.91. The van der Waals surface area contributed by atoms with Gasteiger partial charge in [0.1, 0.15) is 0 Å². The van der Waals surface area contributed by atoms with Gasteiger partial charge in [-0.1, -0.05) is 91.0 Å². The van der Waals surface area contributed by atoms with E-state index in [0.29, 0.717) is 6.54 Å². The first-order chi connectivity index (χ1) is 13.6. The van der Waals surface area contributed by atoms with Crippen LogP contribution in [0.15, 0.2) is 91.0 Å². The van der Waals surface area contributed by atoms with E-state index in [1.807, 2.05) is 66.7 Å². The Morgan fingerprint density at radius 2 is 1.25 bits per heavy atom. The van der Waals surface area contributed by atoms with E-state index in [2.05, 4.69) is 48.6 Å². The van der Waals surface area contributed by atoms with E-state index in [0.717, 1.165) is 17.5 Å². The lowest BCUT2D eigenvalue weighted by molar-refractivity contribution is -0.121. The van der Waals surface area contributed by atoms with Gasteiger partial charge in [0.15, 0.2) is 0 Å². The van der Waals surface area contributed by atoms with Crippen molar-refractivity contribution in [3.05, 3.63) is 108 Å².